The molecule has 0 spiro atoms. The Morgan fingerprint density at radius 3 is 2.29 bits per heavy atom. The highest BCUT2D eigenvalue weighted by molar-refractivity contribution is 9.39. The first kappa shape index (κ1) is 20.0. The van der Waals surface area contributed by atoms with Crippen molar-refractivity contribution in [3.63, 3.8) is 0 Å². The van der Waals surface area contributed by atoms with Crippen molar-refractivity contribution in [1.29, 1.82) is 0 Å². The van der Waals surface area contributed by atoms with E-state index < -0.39 is 8.31 Å². The standard InChI is InChI=1S/C16H13Br3Cl2N2O/c1-9-2-4-10(5-3-9)14(24)23-15(16(17,18)19)22-13-8-11(20)6-7-12(13)21/h2-8,15,22H,1H3,(H,23,24). The number of alkyl halides is 3. The van der Waals surface area contributed by atoms with E-state index in [1.165, 1.54) is 0 Å². The van der Waals surface area contributed by atoms with Gasteiger partial charge in [0.05, 0.1) is 10.7 Å². The van der Waals surface area contributed by atoms with Crippen molar-refractivity contribution >= 4 is 82.6 Å². The van der Waals surface area contributed by atoms with E-state index in [1.807, 2.05) is 19.1 Å². The molecule has 2 N–H and O–H groups in total. The summed E-state index contributed by atoms with van der Waals surface area (Å²) in [5, 5.41) is 7.07. The Morgan fingerprint density at radius 1 is 1.08 bits per heavy atom. The van der Waals surface area contributed by atoms with Gasteiger partial charge in [0.2, 0.25) is 0 Å². The van der Waals surface area contributed by atoms with Gasteiger partial charge in [0.1, 0.15) is 6.17 Å². The Hall–Kier alpha value is -0.270. The van der Waals surface area contributed by atoms with Crippen LogP contribution in [-0.4, -0.2) is 14.2 Å². The molecule has 1 unspecified atom stereocenters. The Labute approximate surface area is 175 Å². The molecule has 0 saturated carbocycles. The van der Waals surface area contributed by atoms with Gasteiger partial charge < -0.3 is 10.6 Å². The van der Waals surface area contributed by atoms with Crippen molar-refractivity contribution < 1.29 is 4.79 Å². The molecule has 0 bridgehead atoms. The lowest BCUT2D eigenvalue weighted by Crippen LogP contribution is -2.48. The van der Waals surface area contributed by atoms with E-state index in [0.717, 1.165) is 5.56 Å². The van der Waals surface area contributed by atoms with Gasteiger partial charge in [0.15, 0.2) is 2.14 Å². The zero-order chi connectivity index (χ0) is 17.9. The third kappa shape index (κ3) is 5.63. The molecule has 0 heterocycles. The first-order chi connectivity index (χ1) is 11.2. The topological polar surface area (TPSA) is 41.1 Å². The molecule has 0 saturated heterocycles. The summed E-state index contributed by atoms with van der Waals surface area (Å²) in [6.07, 6.45) is -0.567. The highest BCUT2D eigenvalue weighted by Gasteiger charge is 2.33. The number of benzene rings is 2. The average molecular weight is 560 g/mol. The van der Waals surface area contributed by atoms with Crippen LogP contribution in [0.15, 0.2) is 42.5 Å². The highest BCUT2D eigenvalue weighted by Crippen LogP contribution is 2.38. The van der Waals surface area contributed by atoms with Crippen LogP contribution >= 0.6 is 71.0 Å². The van der Waals surface area contributed by atoms with Crippen LogP contribution < -0.4 is 10.6 Å². The summed E-state index contributed by atoms with van der Waals surface area (Å²) in [7, 11) is 0. The van der Waals surface area contributed by atoms with E-state index in [9.17, 15) is 4.79 Å². The minimum absolute atomic E-state index is 0.228. The number of anilines is 1. The normalized spacial score (nSPS) is 12.6. The molecule has 8 heteroatoms. The molecule has 1 amide bonds. The zero-order valence-electron chi connectivity index (χ0n) is 12.4. The molecular weight excluding hydrogens is 547 g/mol. The molecule has 128 valence electrons. The Balaban J connectivity index is 2.21. The summed E-state index contributed by atoms with van der Waals surface area (Å²) in [6.45, 7) is 1.97. The maximum Gasteiger partial charge on any atom is 0.252 e. The molecule has 24 heavy (non-hydrogen) atoms. The molecule has 2 rings (SSSR count). The molecule has 0 aliphatic rings. The first-order valence-electron chi connectivity index (χ1n) is 6.82. The molecule has 0 radical (unpaired) electrons. The van der Waals surface area contributed by atoms with Crippen LogP contribution in [0.4, 0.5) is 5.69 Å². The van der Waals surface area contributed by atoms with Gasteiger partial charge in [-0.05, 0) is 37.3 Å². The van der Waals surface area contributed by atoms with Gasteiger partial charge in [-0.15, -0.1) is 0 Å². The highest BCUT2D eigenvalue weighted by atomic mass is 80.0. The maximum absolute atomic E-state index is 12.5. The van der Waals surface area contributed by atoms with Gasteiger partial charge in [0.25, 0.3) is 5.91 Å². The summed E-state index contributed by atoms with van der Waals surface area (Å²) >= 11 is 22.5. The number of carbonyl (C=O) groups is 1. The van der Waals surface area contributed by atoms with E-state index >= 15 is 0 Å². The van der Waals surface area contributed by atoms with E-state index in [0.29, 0.717) is 21.3 Å². The van der Waals surface area contributed by atoms with Gasteiger partial charge >= 0.3 is 0 Å². The summed E-state index contributed by atoms with van der Waals surface area (Å²) in [5.74, 6) is -0.228. The van der Waals surface area contributed by atoms with Gasteiger partial charge in [-0.1, -0.05) is 88.7 Å². The predicted molar refractivity (Wildman–Crippen MR) is 112 cm³/mol. The lowest BCUT2D eigenvalue weighted by atomic mass is 10.1. The third-order valence-electron chi connectivity index (χ3n) is 3.14. The molecule has 0 fully saturated rings. The van der Waals surface area contributed by atoms with Crippen LogP contribution in [0.25, 0.3) is 0 Å². The lowest BCUT2D eigenvalue weighted by molar-refractivity contribution is 0.0943. The molecule has 0 aromatic heterocycles. The van der Waals surface area contributed by atoms with Crippen LogP contribution in [0.2, 0.25) is 10.0 Å². The molecule has 0 aliphatic carbocycles. The smallest absolute Gasteiger partial charge is 0.252 e. The van der Waals surface area contributed by atoms with Crippen molar-refractivity contribution in [3.05, 3.63) is 63.6 Å². The largest absolute Gasteiger partial charge is 0.361 e. The van der Waals surface area contributed by atoms with Crippen LogP contribution in [0.1, 0.15) is 15.9 Å². The second kappa shape index (κ2) is 8.41. The Morgan fingerprint density at radius 2 is 1.71 bits per heavy atom. The van der Waals surface area contributed by atoms with E-state index in [2.05, 4.69) is 58.4 Å². The second-order valence-corrected chi connectivity index (χ2v) is 12.9. The molecule has 0 aliphatic heterocycles. The summed E-state index contributed by atoms with van der Waals surface area (Å²) in [4.78, 5) is 12.5. The number of hydrogen-bond donors (Lipinski definition) is 2. The fourth-order valence-corrected chi connectivity index (χ4v) is 2.91. The number of carbonyl (C=O) groups excluding carboxylic acids is 1. The minimum Gasteiger partial charge on any atom is -0.361 e. The number of amides is 1. The van der Waals surface area contributed by atoms with Gasteiger partial charge in [-0.2, -0.15) is 0 Å². The second-order valence-electron chi connectivity index (χ2n) is 5.08. The number of nitrogens with one attached hydrogen (secondary N) is 2. The average Bonchev–Trinajstić information content (AvgIpc) is 2.49. The number of rotatable bonds is 4. The molecular formula is C16H13Br3Cl2N2O. The third-order valence-corrected chi connectivity index (χ3v) is 5.08. The van der Waals surface area contributed by atoms with Crippen molar-refractivity contribution in [1.82, 2.24) is 5.32 Å². The quantitative estimate of drug-likeness (QED) is 0.341. The zero-order valence-corrected chi connectivity index (χ0v) is 18.7. The van der Waals surface area contributed by atoms with Crippen LogP contribution in [0, 0.1) is 6.92 Å². The molecule has 2 aromatic carbocycles. The van der Waals surface area contributed by atoms with E-state index in [1.54, 1.807) is 30.3 Å². The SMILES string of the molecule is Cc1ccc(C(=O)NC(Nc2cc(Cl)ccc2Cl)C(Br)(Br)Br)cc1. The fourth-order valence-electron chi connectivity index (χ4n) is 1.88. The van der Waals surface area contributed by atoms with Gasteiger partial charge in [0, 0.05) is 10.6 Å². The van der Waals surface area contributed by atoms with Crippen molar-refractivity contribution in [2.24, 2.45) is 0 Å². The van der Waals surface area contributed by atoms with Crippen LogP contribution in [-0.2, 0) is 0 Å². The van der Waals surface area contributed by atoms with Crippen molar-refractivity contribution in [3.8, 4) is 0 Å². The summed E-state index contributed by atoms with van der Waals surface area (Å²) in [5.41, 5.74) is 2.24. The van der Waals surface area contributed by atoms with Crippen molar-refractivity contribution in [2.45, 2.75) is 15.2 Å². The number of halogens is 5. The lowest BCUT2D eigenvalue weighted by Gasteiger charge is -2.29. The maximum atomic E-state index is 12.5. The summed E-state index contributed by atoms with van der Waals surface area (Å²) in [6, 6.07) is 12.4. The van der Waals surface area contributed by atoms with Gasteiger partial charge in [-0.3, -0.25) is 4.79 Å². The number of hydrogen-bond acceptors (Lipinski definition) is 2. The molecule has 1 atom stereocenters. The monoisotopic (exact) mass is 556 g/mol. The summed E-state index contributed by atoms with van der Waals surface area (Å²) < 4.78 is -0.793. The van der Waals surface area contributed by atoms with Gasteiger partial charge in [-0.25, -0.2) is 0 Å². The predicted octanol–water partition coefficient (Wildman–Crippen LogP) is 6.31. The van der Waals surface area contributed by atoms with E-state index in [-0.39, 0.29) is 5.91 Å². The van der Waals surface area contributed by atoms with Crippen LogP contribution in [0.3, 0.4) is 0 Å². The Bertz CT molecular complexity index is 733. The Kier molecular flexibility index (Phi) is 7.02. The molecule has 2 aromatic rings. The number of aryl methyl sites for hydroxylation is 1. The first-order valence-corrected chi connectivity index (χ1v) is 9.96. The van der Waals surface area contributed by atoms with E-state index in [4.69, 9.17) is 23.2 Å². The van der Waals surface area contributed by atoms with Crippen LogP contribution in [0.5, 0.6) is 0 Å². The van der Waals surface area contributed by atoms with Crippen molar-refractivity contribution in [2.75, 3.05) is 5.32 Å². The molecule has 3 nitrogen and oxygen atoms in total. The minimum atomic E-state index is -0.793. The fraction of sp³-hybridized carbons (Fsp3) is 0.188.